The van der Waals surface area contributed by atoms with Crippen LogP contribution in [0, 0.1) is 6.92 Å². The summed E-state index contributed by atoms with van der Waals surface area (Å²) in [4.78, 5) is 8.41. The summed E-state index contributed by atoms with van der Waals surface area (Å²) < 4.78 is 5.09. The number of hydrogen-bond donors (Lipinski definition) is 2. The molecule has 0 saturated carbocycles. The van der Waals surface area contributed by atoms with Crippen molar-refractivity contribution in [1.29, 1.82) is 0 Å². The average molecular weight is 259 g/mol. The van der Waals surface area contributed by atoms with E-state index in [2.05, 4.69) is 15.3 Å². The van der Waals surface area contributed by atoms with E-state index in [1.165, 1.54) is 0 Å². The van der Waals surface area contributed by atoms with E-state index in [0.29, 0.717) is 11.7 Å². The Morgan fingerprint density at radius 3 is 2.63 bits per heavy atom. The lowest BCUT2D eigenvalue weighted by Gasteiger charge is -2.08. The summed E-state index contributed by atoms with van der Waals surface area (Å²) >= 11 is 0. The Balaban J connectivity index is 1.92. The molecule has 2 rings (SSSR count). The van der Waals surface area contributed by atoms with Gasteiger partial charge >= 0.3 is 0 Å². The van der Waals surface area contributed by atoms with Crippen molar-refractivity contribution < 1.29 is 9.84 Å². The molecule has 19 heavy (non-hydrogen) atoms. The number of nitrogens with one attached hydrogen (secondary N) is 1. The minimum Gasteiger partial charge on any atom is -0.508 e. The average Bonchev–Trinajstić information content (AvgIpc) is 2.40. The first-order valence-electron chi connectivity index (χ1n) is 6.09. The van der Waals surface area contributed by atoms with Crippen molar-refractivity contribution in [2.24, 2.45) is 0 Å². The summed E-state index contributed by atoms with van der Waals surface area (Å²) in [7, 11) is 1.59. The quantitative estimate of drug-likeness (QED) is 0.861. The van der Waals surface area contributed by atoms with Crippen LogP contribution in [-0.4, -0.2) is 28.7 Å². The molecule has 0 aliphatic heterocycles. The van der Waals surface area contributed by atoms with E-state index >= 15 is 0 Å². The van der Waals surface area contributed by atoms with Crippen molar-refractivity contribution in [3.8, 4) is 11.6 Å². The van der Waals surface area contributed by atoms with Crippen LogP contribution in [0.5, 0.6) is 11.6 Å². The lowest BCUT2D eigenvalue weighted by atomic mass is 10.1. The highest BCUT2D eigenvalue weighted by Gasteiger charge is 2.01. The zero-order valence-corrected chi connectivity index (χ0v) is 11.1. The second-order valence-corrected chi connectivity index (χ2v) is 4.19. The van der Waals surface area contributed by atoms with E-state index < -0.39 is 0 Å². The fourth-order valence-electron chi connectivity index (χ4n) is 1.73. The topological polar surface area (TPSA) is 67.3 Å². The van der Waals surface area contributed by atoms with Crippen LogP contribution in [0.3, 0.4) is 0 Å². The smallest absolute Gasteiger partial charge is 0.218 e. The normalized spacial score (nSPS) is 10.2. The summed E-state index contributed by atoms with van der Waals surface area (Å²) in [6, 6.07) is 8.95. The fraction of sp³-hybridized carbons (Fsp3) is 0.286. The summed E-state index contributed by atoms with van der Waals surface area (Å²) in [5, 5.41) is 12.4. The highest BCUT2D eigenvalue weighted by atomic mass is 16.5. The van der Waals surface area contributed by atoms with Gasteiger partial charge in [0.25, 0.3) is 0 Å². The number of nitrogens with zero attached hydrogens (tertiary/aromatic N) is 2. The second kappa shape index (κ2) is 6.04. The molecule has 0 unspecified atom stereocenters. The Bertz CT molecular complexity index is 541. The van der Waals surface area contributed by atoms with Gasteiger partial charge in [-0.3, -0.25) is 0 Å². The lowest BCUT2D eigenvalue weighted by molar-refractivity contribution is 0.396. The van der Waals surface area contributed by atoms with Crippen molar-refractivity contribution in [2.75, 3.05) is 19.0 Å². The van der Waals surface area contributed by atoms with E-state index in [0.717, 1.165) is 24.3 Å². The van der Waals surface area contributed by atoms with Gasteiger partial charge in [0.15, 0.2) is 0 Å². The molecule has 0 aliphatic carbocycles. The van der Waals surface area contributed by atoms with E-state index in [1.54, 1.807) is 25.3 Å². The third kappa shape index (κ3) is 3.84. The van der Waals surface area contributed by atoms with Gasteiger partial charge in [-0.1, -0.05) is 12.1 Å². The van der Waals surface area contributed by atoms with Crippen LogP contribution in [0.4, 0.5) is 5.82 Å². The zero-order valence-electron chi connectivity index (χ0n) is 11.1. The molecule has 5 heteroatoms. The van der Waals surface area contributed by atoms with Gasteiger partial charge < -0.3 is 15.2 Å². The molecule has 1 heterocycles. The Kier molecular flexibility index (Phi) is 4.18. The van der Waals surface area contributed by atoms with Crippen LogP contribution in [0.1, 0.15) is 11.4 Å². The third-order valence-electron chi connectivity index (χ3n) is 2.68. The molecule has 1 aromatic heterocycles. The van der Waals surface area contributed by atoms with Crippen molar-refractivity contribution in [2.45, 2.75) is 13.3 Å². The van der Waals surface area contributed by atoms with E-state index in [-0.39, 0.29) is 5.75 Å². The summed E-state index contributed by atoms with van der Waals surface area (Å²) in [5.41, 5.74) is 1.16. The first-order valence-corrected chi connectivity index (χ1v) is 6.09. The highest BCUT2D eigenvalue weighted by Crippen LogP contribution is 2.13. The Morgan fingerprint density at radius 1 is 1.21 bits per heavy atom. The Morgan fingerprint density at radius 2 is 1.95 bits per heavy atom. The molecule has 0 bridgehead atoms. The van der Waals surface area contributed by atoms with Gasteiger partial charge in [0.05, 0.1) is 7.11 Å². The highest BCUT2D eigenvalue weighted by molar-refractivity contribution is 5.38. The van der Waals surface area contributed by atoms with Gasteiger partial charge in [0, 0.05) is 12.6 Å². The zero-order chi connectivity index (χ0) is 13.7. The van der Waals surface area contributed by atoms with Crippen LogP contribution in [0.2, 0.25) is 0 Å². The standard InChI is InChI=1S/C14H17N3O2/c1-10-16-13(9-14(17-10)19-2)15-8-7-11-3-5-12(18)6-4-11/h3-6,9,18H,7-8H2,1-2H3,(H,15,16,17). The molecule has 0 aliphatic rings. The molecule has 0 radical (unpaired) electrons. The predicted molar refractivity (Wildman–Crippen MR) is 73.6 cm³/mol. The summed E-state index contributed by atoms with van der Waals surface area (Å²) in [5.74, 6) is 2.27. The number of benzene rings is 1. The Hall–Kier alpha value is -2.30. The molecule has 100 valence electrons. The number of phenolic OH excluding ortho intramolecular Hbond substituents is 1. The molecule has 2 aromatic rings. The molecule has 0 atom stereocenters. The number of ether oxygens (including phenoxy) is 1. The molecular weight excluding hydrogens is 242 g/mol. The molecule has 0 fully saturated rings. The number of hydrogen-bond acceptors (Lipinski definition) is 5. The van der Waals surface area contributed by atoms with Gasteiger partial charge in [-0.2, -0.15) is 4.98 Å². The maximum Gasteiger partial charge on any atom is 0.218 e. The Labute approximate surface area is 112 Å². The molecule has 5 nitrogen and oxygen atoms in total. The monoisotopic (exact) mass is 259 g/mol. The molecule has 1 aromatic carbocycles. The number of phenols is 1. The number of aryl methyl sites for hydroxylation is 1. The first kappa shape index (κ1) is 13.1. The van der Waals surface area contributed by atoms with Crippen molar-refractivity contribution in [1.82, 2.24) is 9.97 Å². The van der Waals surface area contributed by atoms with Gasteiger partial charge in [-0.25, -0.2) is 4.98 Å². The van der Waals surface area contributed by atoms with Crippen LogP contribution in [0.25, 0.3) is 0 Å². The van der Waals surface area contributed by atoms with Crippen LogP contribution in [0.15, 0.2) is 30.3 Å². The molecule has 0 saturated heterocycles. The molecule has 2 N–H and O–H groups in total. The molecule has 0 amide bonds. The fourth-order valence-corrected chi connectivity index (χ4v) is 1.73. The van der Waals surface area contributed by atoms with Crippen LogP contribution in [-0.2, 0) is 6.42 Å². The number of methoxy groups -OCH3 is 1. The number of anilines is 1. The third-order valence-corrected chi connectivity index (χ3v) is 2.68. The molecular formula is C14H17N3O2. The maximum absolute atomic E-state index is 9.20. The van der Waals surface area contributed by atoms with Crippen molar-refractivity contribution in [3.05, 3.63) is 41.7 Å². The summed E-state index contributed by atoms with van der Waals surface area (Å²) in [6.45, 7) is 2.58. The predicted octanol–water partition coefficient (Wildman–Crippen LogP) is 2.15. The first-order chi connectivity index (χ1) is 9.17. The maximum atomic E-state index is 9.20. The number of aromatic nitrogens is 2. The van der Waals surface area contributed by atoms with Crippen LogP contribution < -0.4 is 10.1 Å². The van der Waals surface area contributed by atoms with E-state index in [9.17, 15) is 5.11 Å². The summed E-state index contributed by atoms with van der Waals surface area (Å²) in [6.07, 6.45) is 0.853. The minimum atomic E-state index is 0.285. The minimum absolute atomic E-state index is 0.285. The second-order valence-electron chi connectivity index (χ2n) is 4.19. The largest absolute Gasteiger partial charge is 0.508 e. The van der Waals surface area contributed by atoms with Gasteiger partial charge in [0.1, 0.15) is 17.4 Å². The van der Waals surface area contributed by atoms with Gasteiger partial charge in [-0.05, 0) is 31.0 Å². The lowest BCUT2D eigenvalue weighted by Crippen LogP contribution is -2.07. The van der Waals surface area contributed by atoms with Crippen molar-refractivity contribution in [3.63, 3.8) is 0 Å². The molecule has 0 spiro atoms. The number of rotatable bonds is 5. The van der Waals surface area contributed by atoms with E-state index in [1.807, 2.05) is 19.1 Å². The van der Waals surface area contributed by atoms with Crippen LogP contribution >= 0.6 is 0 Å². The van der Waals surface area contributed by atoms with Gasteiger partial charge in [-0.15, -0.1) is 0 Å². The van der Waals surface area contributed by atoms with Crippen molar-refractivity contribution >= 4 is 5.82 Å². The van der Waals surface area contributed by atoms with Gasteiger partial charge in [0.2, 0.25) is 5.88 Å². The SMILES string of the molecule is COc1cc(NCCc2ccc(O)cc2)nc(C)n1. The number of aromatic hydroxyl groups is 1. The van der Waals surface area contributed by atoms with E-state index in [4.69, 9.17) is 4.74 Å².